The Bertz CT molecular complexity index is 1150. The molecule has 0 spiro atoms. The minimum atomic E-state index is 0.00539. The Morgan fingerprint density at radius 2 is 1.81 bits per heavy atom. The van der Waals surface area contributed by atoms with Crippen molar-refractivity contribution < 1.29 is 4.79 Å². The van der Waals surface area contributed by atoms with E-state index in [2.05, 4.69) is 66.3 Å². The van der Waals surface area contributed by atoms with Crippen LogP contribution in [0.4, 0.5) is 0 Å². The smallest absolute Gasteiger partial charge is 0.252 e. The summed E-state index contributed by atoms with van der Waals surface area (Å²) in [5, 5.41) is 4.24. The van der Waals surface area contributed by atoms with E-state index >= 15 is 0 Å². The van der Waals surface area contributed by atoms with Crippen molar-refractivity contribution in [2.75, 3.05) is 0 Å². The van der Waals surface area contributed by atoms with Gasteiger partial charge in [-0.15, -0.1) is 0 Å². The average molecular weight is 491 g/mol. The van der Waals surface area contributed by atoms with Gasteiger partial charge in [-0.25, -0.2) is 4.98 Å². The number of nitrogens with one attached hydrogen (secondary N) is 1. The van der Waals surface area contributed by atoms with Crippen molar-refractivity contribution >= 4 is 32.7 Å². The number of aromatic nitrogens is 1. The van der Waals surface area contributed by atoms with Crippen LogP contribution >= 0.6 is 15.9 Å². The summed E-state index contributed by atoms with van der Waals surface area (Å²) in [5.41, 5.74) is 4.73. The van der Waals surface area contributed by atoms with Gasteiger partial charge in [0.15, 0.2) is 0 Å². The molecular formula is C28H31BrN2O. The van der Waals surface area contributed by atoms with Gasteiger partial charge in [0.25, 0.3) is 5.91 Å². The van der Waals surface area contributed by atoms with Gasteiger partial charge in [0.1, 0.15) is 0 Å². The number of amides is 1. The Hall–Kier alpha value is -2.20. The predicted molar refractivity (Wildman–Crippen MR) is 135 cm³/mol. The predicted octanol–water partition coefficient (Wildman–Crippen LogP) is 7.34. The summed E-state index contributed by atoms with van der Waals surface area (Å²) < 4.78 is 0.955. The molecule has 1 N–H and O–H groups in total. The number of carbonyl (C=O) groups excluding carboxylic acids is 1. The highest BCUT2D eigenvalue weighted by atomic mass is 79.9. The van der Waals surface area contributed by atoms with Crippen LogP contribution in [0.15, 0.2) is 53.0 Å². The number of fused-ring (bicyclic) bond motifs is 3. The van der Waals surface area contributed by atoms with Crippen LogP contribution in [0.1, 0.15) is 68.3 Å². The second-order valence-electron chi connectivity index (χ2n) is 10.1. The molecule has 0 unspecified atom stereocenters. The zero-order valence-electron chi connectivity index (χ0n) is 19.1. The molecule has 2 aliphatic carbocycles. The highest BCUT2D eigenvalue weighted by Crippen LogP contribution is 2.49. The van der Waals surface area contributed by atoms with Crippen LogP contribution < -0.4 is 5.32 Å². The summed E-state index contributed by atoms with van der Waals surface area (Å²) in [6, 6.07) is 16.7. The molecule has 1 heterocycles. The van der Waals surface area contributed by atoms with Crippen molar-refractivity contribution in [2.45, 2.75) is 58.4 Å². The lowest BCUT2D eigenvalue weighted by molar-refractivity contribution is 0.0917. The van der Waals surface area contributed by atoms with Gasteiger partial charge < -0.3 is 5.32 Å². The number of hydrogen-bond donors (Lipinski definition) is 1. The molecule has 2 aliphatic rings. The van der Waals surface area contributed by atoms with E-state index in [4.69, 9.17) is 4.98 Å². The lowest BCUT2D eigenvalue weighted by Gasteiger charge is -2.28. The molecule has 3 nitrogen and oxygen atoms in total. The lowest BCUT2D eigenvalue weighted by Crippen LogP contribution is -2.40. The van der Waals surface area contributed by atoms with Gasteiger partial charge in [-0.3, -0.25) is 4.79 Å². The molecule has 4 atom stereocenters. The summed E-state index contributed by atoms with van der Waals surface area (Å²) >= 11 is 3.57. The molecule has 2 saturated carbocycles. The third kappa shape index (κ3) is 4.10. The zero-order valence-corrected chi connectivity index (χ0v) is 20.7. The first-order valence-electron chi connectivity index (χ1n) is 11.9. The summed E-state index contributed by atoms with van der Waals surface area (Å²) in [7, 11) is 0. The first kappa shape index (κ1) is 21.6. The summed E-state index contributed by atoms with van der Waals surface area (Å²) in [5.74, 6) is 2.77. The van der Waals surface area contributed by atoms with E-state index in [1.807, 2.05) is 24.3 Å². The van der Waals surface area contributed by atoms with E-state index in [0.717, 1.165) is 38.5 Å². The van der Waals surface area contributed by atoms with Crippen molar-refractivity contribution in [1.82, 2.24) is 10.3 Å². The third-order valence-corrected chi connectivity index (χ3v) is 8.18. The number of halogens is 1. The van der Waals surface area contributed by atoms with Gasteiger partial charge in [0.2, 0.25) is 0 Å². The molecule has 0 saturated heterocycles. The van der Waals surface area contributed by atoms with Gasteiger partial charge in [0.05, 0.1) is 16.8 Å². The summed E-state index contributed by atoms with van der Waals surface area (Å²) in [4.78, 5) is 18.4. The van der Waals surface area contributed by atoms with E-state index < -0.39 is 0 Å². The zero-order chi connectivity index (χ0) is 22.4. The van der Waals surface area contributed by atoms with Crippen LogP contribution in [-0.2, 0) is 0 Å². The Morgan fingerprint density at radius 3 is 2.47 bits per heavy atom. The van der Waals surface area contributed by atoms with Gasteiger partial charge in [0, 0.05) is 21.5 Å². The molecular weight excluding hydrogens is 460 g/mol. The van der Waals surface area contributed by atoms with Crippen molar-refractivity contribution in [3.05, 3.63) is 64.1 Å². The maximum absolute atomic E-state index is 13.5. The Morgan fingerprint density at radius 1 is 1.03 bits per heavy atom. The number of carbonyl (C=O) groups is 1. The first-order valence-corrected chi connectivity index (χ1v) is 12.7. The molecule has 166 valence electrons. The monoisotopic (exact) mass is 490 g/mol. The van der Waals surface area contributed by atoms with Crippen molar-refractivity contribution in [3.8, 4) is 11.3 Å². The fraction of sp³-hybridized carbons (Fsp3) is 0.429. The molecule has 0 aliphatic heterocycles. The standard InChI is InChI=1S/C28H31BrN2O/c1-16(2)19-6-8-20(9-7-19)27-15-25(24-14-22(29)10-11-26(24)31-27)28(32)30-17(3)23-13-18-4-5-21(23)12-18/h6-11,14-18,21,23H,4-5,12-13H2,1-3H3,(H,30,32)/t17-,18+,21+,23+/m1/s1. The Balaban J connectivity index is 1.49. The fourth-order valence-corrected chi connectivity index (χ4v) is 6.23. The molecule has 2 aromatic carbocycles. The largest absolute Gasteiger partial charge is 0.349 e. The van der Waals surface area contributed by atoms with Crippen LogP contribution in [-0.4, -0.2) is 16.9 Å². The minimum Gasteiger partial charge on any atom is -0.349 e. The van der Waals surface area contributed by atoms with Crippen LogP contribution in [0.2, 0.25) is 0 Å². The first-order chi connectivity index (χ1) is 15.4. The van der Waals surface area contributed by atoms with Crippen LogP contribution in [0, 0.1) is 17.8 Å². The number of nitrogens with zero attached hydrogens (tertiary/aromatic N) is 1. The molecule has 1 amide bonds. The molecule has 1 aromatic heterocycles. The van der Waals surface area contributed by atoms with E-state index in [1.165, 1.54) is 31.2 Å². The van der Waals surface area contributed by atoms with Gasteiger partial charge in [-0.1, -0.05) is 60.5 Å². The van der Waals surface area contributed by atoms with Gasteiger partial charge >= 0.3 is 0 Å². The minimum absolute atomic E-state index is 0.00539. The SMILES string of the molecule is CC(C)c1ccc(-c2cc(C(=O)N[C@H](C)[C@@H]3C[C@H]4CC[C@H]3C4)c3cc(Br)ccc3n2)cc1. The lowest BCUT2D eigenvalue weighted by atomic mass is 9.84. The normalized spacial score (nSPS) is 23.1. The fourth-order valence-electron chi connectivity index (χ4n) is 5.87. The van der Waals surface area contributed by atoms with Gasteiger partial charge in [-0.05, 0) is 79.7 Å². The van der Waals surface area contributed by atoms with E-state index in [9.17, 15) is 4.79 Å². The second-order valence-corrected chi connectivity index (χ2v) is 11.0. The topological polar surface area (TPSA) is 42.0 Å². The van der Waals surface area contributed by atoms with E-state index in [1.54, 1.807) is 0 Å². The van der Waals surface area contributed by atoms with Crippen LogP contribution in [0.3, 0.4) is 0 Å². The van der Waals surface area contributed by atoms with Crippen LogP contribution in [0.25, 0.3) is 22.2 Å². The molecule has 5 rings (SSSR count). The quantitative estimate of drug-likeness (QED) is 0.406. The maximum Gasteiger partial charge on any atom is 0.252 e. The third-order valence-electron chi connectivity index (χ3n) is 7.68. The van der Waals surface area contributed by atoms with Gasteiger partial charge in [-0.2, -0.15) is 0 Å². The summed E-state index contributed by atoms with van der Waals surface area (Å²) in [6.07, 6.45) is 5.33. The van der Waals surface area contributed by atoms with E-state index in [0.29, 0.717) is 17.4 Å². The number of hydrogen-bond acceptors (Lipinski definition) is 2. The Kier molecular flexibility index (Phi) is 5.83. The van der Waals surface area contributed by atoms with Crippen molar-refractivity contribution in [1.29, 1.82) is 0 Å². The molecule has 32 heavy (non-hydrogen) atoms. The van der Waals surface area contributed by atoms with Crippen LogP contribution in [0.5, 0.6) is 0 Å². The molecule has 2 fully saturated rings. The second kappa shape index (κ2) is 8.62. The van der Waals surface area contributed by atoms with Crippen molar-refractivity contribution in [3.63, 3.8) is 0 Å². The number of rotatable bonds is 5. The highest BCUT2D eigenvalue weighted by molar-refractivity contribution is 9.10. The highest BCUT2D eigenvalue weighted by Gasteiger charge is 2.42. The number of benzene rings is 2. The average Bonchev–Trinajstić information content (AvgIpc) is 3.42. The molecule has 2 bridgehead atoms. The maximum atomic E-state index is 13.5. The van der Waals surface area contributed by atoms with E-state index in [-0.39, 0.29) is 11.9 Å². The van der Waals surface area contributed by atoms with Crippen molar-refractivity contribution in [2.24, 2.45) is 17.8 Å². The number of pyridine rings is 1. The molecule has 4 heteroatoms. The molecule has 3 aromatic rings. The summed E-state index contributed by atoms with van der Waals surface area (Å²) in [6.45, 7) is 6.58. The Labute approximate surface area is 199 Å². The molecule has 0 radical (unpaired) electrons.